The summed E-state index contributed by atoms with van der Waals surface area (Å²) in [6.07, 6.45) is 1.67. The lowest BCUT2D eigenvalue weighted by atomic mass is 10.0. The average Bonchev–Trinajstić information content (AvgIpc) is 2.70. The van der Waals surface area contributed by atoms with E-state index in [0.717, 1.165) is 17.5 Å². The van der Waals surface area contributed by atoms with Crippen LogP contribution in [-0.4, -0.2) is 32.3 Å². The molecule has 0 bridgehead atoms. The van der Waals surface area contributed by atoms with E-state index in [0.29, 0.717) is 5.16 Å². The van der Waals surface area contributed by atoms with Crippen LogP contribution in [-0.2, 0) is 15.1 Å². The van der Waals surface area contributed by atoms with Crippen molar-refractivity contribution in [1.82, 2.24) is 9.55 Å². The molecule has 1 heterocycles. The van der Waals surface area contributed by atoms with Crippen molar-refractivity contribution in [3.8, 4) is 0 Å². The molecule has 6 nitrogen and oxygen atoms in total. The summed E-state index contributed by atoms with van der Waals surface area (Å²) in [4.78, 5) is 26.5. The smallest absolute Gasteiger partial charge is 0.313 e. The van der Waals surface area contributed by atoms with Crippen molar-refractivity contribution in [3.05, 3.63) is 11.9 Å². The largest absolute Gasteiger partial charge is 0.481 e. The Hall–Kier alpha value is -1.50. The molecule has 7 heteroatoms. The number of nitrogens with two attached hydrogens (primary N) is 1. The van der Waals surface area contributed by atoms with Gasteiger partial charge in [-0.25, -0.2) is 4.98 Å². The fourth-order valence-corrected chi connectivity index (χ4v) is 2.50. The van der Waals surface area contributed by atoms with Crippen LogP contribution in [0.25, 0.3) is 0 Å². The number of imidazole rings is 1. The molecule has 3 N–H and O–H groups in total. The zero-order valence-corrected chi connectivity index (χ0v) is 12.3. The Morgan fingerprint density at radius 1 is 1.53 bits per heavy atom. The highest BCUT2D eigenvalue weighted by Gasteiger charge is 2.32. The highest BCUT2D eigenvalue weighted by molar-refractivity contribution is 7.99. The average molecular weight is 285 g/mol. The summed E-state index contributed by atoms with van der Waals surface area (Å²) in [5.41, 5.74) is 5.35. The molecule has 0 saturated heterocycles. The van der Waals surface area contributed by atoms with Gasteiger partial charge in [-0.3, -0.25) is 9.59 Å². The van der Waals surface area contributed by atoms with Crippen molar-refractivity contribution < 1.29 is 14.7 Å². The Kier molecular flexibility index (Phi) is 4.62. The molecule has 0 spiro atoms. The number of amides is 1. The van der Waals surface area contributed by atoms with Crippen LogP contribution < -0.4 is 5.73 Å². The Morgan fingerprint density at radius 2 is 2.11 bits per heavy atom. The van der Waals surface area contributed by atoms with E-state index in [9.17, 15) is 9.59 Å². The Bertz CT molecular complexity index is 494. The van der Waals surface area contributed by atoms with E-state index in [1.54, 1.807) is 24.6 Å². The zero-order valence-electron chi connectivity index (χ0n) is 11.5. The van der Waals surface area contributed by atoms with Crippen molar-refractivity contribution in [2.45, 2.75) is 44.3 Å². The first-order valence-corrected chi connectivity index (χ1v) is 6.89. The molecule has 0 fully saturated rings. The molecule has 1 rings (SSSR count). The second-order valence-corrected chi connectivity index (χ2v) is 6.00. The van der Waals surface area contributed by atoms with Gasteiger partial charge in [0.1, 0.15) is 5.54 Å². The molecule has 0 aliphatic heterocycles. The number of nitrogens with zero attached hydrogens (tertiary/aromatic N) is 2. The summed E-state index contributed by atoms with van der Waals surface area (Å²) in [7, 11) is 0. The van der Waals surface area contributed by atoms with Crippen LogP contribution in [0.3, 0.4) is 0 Å². The van der Waals surface area contributed by atoms with E-state index in [1.807, 2.05) is 13.8 Å². The predicted molar refractivity (Wildman–Crippen MR) is 73.2 cm³/mol. The van der Waals surface area contributed by atoms with Gasteiger partial charge in [-0.2, -0.15) is 0 Å². The molecule has 0 radical (unpaired) electrons. The van der Waals surface area contributed by atoms with Crippen molar-refractivity contribution in [2.75, 3.05) is 5.75 Å². The maximum Gasteiger partial charge on any atom is 0.313 e. The summed E-state index contributed by atoms with van der Waals surface area (Å²) < 4.78 is 1.73. The molecule has 0 saturated carbocycles. The van der Waals surface area contributed by atoms with Crippen LogP contribution in [0.15, 0.2) is 11.4 Å². The number of carbonyl (C=O) groups excluding carboxylic acids is 1. The number of carboxylic acid groups (broad SMARTS) is 1. The summed E-state index contributed by atoms with van der Waals surface area (Å²) in [5.74, 6) is -1.36. The van der Waals surface area contributed by atoms with Gasteiger partial charge >= 0.3 is 5.97 Å². The molecule has 0 aliphatic carbocycles. The van der Waals surface area contributed by atoms with Crippen LogP contribution in [0.1, 0.15) is 39.3 Å². The molecule has 19 heavy (non-hydrogen) atoms. The Morgan fingerprint density at radius 3 is 2.53 bits per heavy atom. The Balaban J connectivity index is 3.27. The fraction of sp³-hybridized carbons (Fsp3) is 0.583. The van der Waals surface area contributed by atoms with Gasteiger partial charge in [0, 0.05) is 11.9 Å². The normalized spacial score (nSPS) is 11.8. The van der Waals surface area contributed by atoms with Gasteiger partial charge in [0.05, 0.1) is 5.75 Å². The van der Waals surface area contributed by atoms with Gasteiger partial charge in [0.25, 0.3) is 0 Å². The summed E-state index contributed by atoms with van der Waals surface area (Å²) >= 11 is 1.08. The van der Waals surface area contributed by atoms with Crippen LogP contribution in [0.2, 0.25) is 0 Å². The second kappa shape index (κ2) is 5.64. The number of thioether (sulfide) groups is 1. The minimum atomic E-state index is -0.947. The van der Waals surface area contributed by atoms with Crippen molar-refractivity contribution in [3.63, 3.8) is 0 Å². The van der Waals surface area contributed by atoms with Gasteiger partial charge in [-0.05, 0) is 19.8 Å². The lowest BCUT2D eigenvalue weighted by Crippen LogP contribution is -2.42. The standard InChI is InChI=1S/C12H19N3O3S/c1-7(2)8-5-14-11(19-6-9(16)17)15(8)12(3,4)10(13)18/h5,7H,6H2,1-4H3,(H2,13,18)(H,16,17). The molecule has 1 aromatic rings. The van der Waals surface area contributed by atoms with E-state index >= 15 is 0 Å². The van der Waals surface area contributed by atoms with E-state index in [4.69, 9.17) is 10.8 Å². The maximum atomic E-state index is 11.6. The van der Waals surface area contributed by atoms with E-state index in [2.05, 4.69) is 4.98 Å². The lowest BCUT2D eigenvalue weighted by Gasteiger charge is -2.28. The van der Waals surface area contributed by atoms with Crippen LogP contribution >= 0.6 is 11.8 Å². The van der Waals surface area contributed by atoms with Crippen LogP contribution in [0.4, 0.5) is 0 Å². The van der Waals surface area contributed by atoms with Crippen molar-refractivity contribution in [1.29, 1.82) is 0 Å². The number of hydrogen-bond donors (Lipinski definition) is 2. The third-order valence-corrected chi connectivity index (χ3v) is 3.77. The molecule has 0 atom stereocenters. The van der Waals surface area contributed by atoms with Gasteiger partial charge in [-0.15, -0.1) is 0 Å². The van der Waals surface area contributed by atoms with Gasteiger partial charge in [0.15, 0.2) is 5.16 Å². The summed E-state index contributed by atoms with van der Waals surface area (Å²) in [6.45, 7) is 7.37. The quantitative estimate of drug-likeness (QED) is 0.770. The third-order valence-electron chi connectivity index (χ3n) is 2.84. The fourth-order valence-electron chi connectivity index (χ4n) is 1.65. The number of carbonyl (C=O) groups is 2. The minimum Gasteiger partial charge on any atom is -0.481 e. The van der Waals surface area contributed by atoms with E-state index in [-0.39, 0.29) is 11.7 Å². The van der Waals surface area contributed by atoms with Gasteiger partial charge < -0.3 is 15.4 Å². The van der Waals surface area contributed by atoms with Gasteiger partial charge in [-0.1, -0.05) is 25.6 Å². The topological polar surface area (TPSA) is 98.2 Å². The number of aromatic nitrogens is 2. The summed E-state index contributed by atoms with van der Waals surface area (Å²) in [6, 6.07) is 0. The SMILES string of the molecule is CC(C)c1cnc(SCC(=O)O)n1C(C)(C)C(N)=O. The van der Waals surface area contributed by atoms with Crippen molar-refractivity contribution in [2.24, 2.45) is 5.73 Å². The minimum absolute atomic E-state index is 0.108. The molecule has 0 aromatic carbocycles. The molecule has 0 aliphatic rings. The number of aliphatic carboxylic acids is 1. The number of rotatable bonds is 6. The summed E-state index contributed by atoms with van der Waals surface area (Å²) in [5, 5.41) is 9.24. The number of hydrogen-bond acceptors (Lipinski definition) is 4. The lowest BCUT2D eigenvalue weighted by molar-refractivity contribution is -0.133. The second-order valence-electron chi connectivity index (χ2n) is 5.06. The maximum absolute atomic E-state index is 11.6. The van der Waals surface area contributed by atoms with Crippen LogP contribution in [0, 0.1) is 0 Å². The molecular weight excluding hydrogens is 266 g/mol. The van der Waals surface area contributed by atoms with Crippen LogP contribution in [0.5, 0.6) is 0 Å². The van der Waals surface area contributed by atoms with Crippen molar-refractivity contribution >= 4 is 23.6 Å². The first kappa shape index (κ1) is 15.6. The monoisotopic (exact) mass is 285 g/mol. The third kappa shape index (κ3) is 3.28. The first-order valence-electron chi connectivity index (χ1n) is 5.90. The first-order chi connectivity index (χ1) is 8.67. The van der Waals surface area contributed by atoms with E-state index < -0.39 is 17.4 Å². The van der Waals surface area contributed by atoms with E-state index in [1.165, 1.54) is 0 Å². The zero-order chi connectivity index (χ0) is 14.8. The highest BCUT2D eigenvalue weighted by Crippen LogP contribution is 2.30. The highest BCUT2D eigenvalue weighted by atomic mass is 32.2. The number of carboxylic acids is 1. The molecule has 1 amide bonds. The van der Waals surface area contributed by atoms with Gasteiger partial charge in [0.2, 0.25) is 5.91 Å². The molecule has 106 valence electrons. The Labute approximate surface area is 116 Å². The number of primary amides is 1. The molecular formula is C12H19N3O3S. The molecule has 0 unspecified atom stereocenters. The molecule has 1 aromatic heterocycles. The predicted octanol–water partition coefficient (Wildman–Crippen LogP) is 1.40.